The molecule has 0 aromatic rings. The van der Waals surface area contributed by atoms with E-state index < -0.39 is 3.93 Å². The summed E-state index contributed by atoms with van der Waals surface area (Å²) in [6.45, 7) is 0. The van der Waals surface area contributed by atoms with E-state index in [4.69, 9.17) is 0 Å². The number of alkyl halides is 4. The fourth-order valence-corrected chi connectivity index (χ4v) is 2.09. The number of halogens is 4. The quantitative estimate of drug-likeness (QED) is 0.539. The van der Waals surface area contributed by atoms with Crippen LogP contribution in [0.2, 0.25) is 0 Å². The molecule has 0 amide bonds. The maximum atomic E-state index is 11.7. The summed E-state index contributed by atoms with van der Waals surface area (Å²) in [7, 11) is 0. The normalized spacial score (nSPS) is 12.0. The molecule has 0 saturated heterocycles. The highest BCUT2D eigenvalue weighted by Gasteiger charge is 2.21. The predicted molar refractivity (Wildman–Crippen MR) is 42.5 cm³/mol. The monoisotopic (exact) mass is 332 g/mol. The molecule has 0 radical (unpaired) electrons. The van der Waals surface area contributed by atoms with Gasteiger partial charge in [-0.15, -0.1) is 0 Å². The molecule has 44 valence electrons. The Kier molecular flexibility index (Phi) is 4.00. The second-order valence-electron chi connectivity index (χ2n) is 1.05. The summed E-state index contributed by atoms with van der Waals surface area (Å²) in [4.78, 5) is 0. The second-order valence-corrected chi connectivity index (χ2v) is 3.71. The van der Waals surface area contributed by atoms with Crippen LogP contribution in [0.5, 0.6) is 0 Å². The third-order valence-corrected chi connectivity index (χ3v) is 1.46. The van der Waals surface area contributed by atoms with Crippen molar-refractivity contribution in [1.82, 2.24) is 0 Å². The summed E-state index contributed by atoms with van der Waals surface area (Å²) >= 11 is 3.07. The van der Waals surface area contributed by atoms with Crippen molar-refractivity contribution >= 4 is 45.2 Å². The second kappa shape index (κ2) is 3.37. The Bertz CT molecular complexity index is 49.4. The lowest BCUT2D eigenvalue weighted by atomic mass is 10.5. The van der Waals surface area contributed by atoms with Gasteiger partial charge >= 0.3 is 0 Å². The zero-order valence-corrected chi connectivity index (χ0v) is 7.74. The molecule has 0 saturated carbocycles. The first-order valence-corrected chi connectivity index (χ1v) is 4.29. The molecular weight excluding hydrogens is 328 g/mol. The van der Waals surface area contributed by atoms with Gasteiger partial charge in [0.2, 0.25) is 0 Å². The van der Waals surface area contributed by atoms with Gasteiger partial charge in [0.1, 0.15) is 0 Å². The maximum absolute atomic E-state index is 11.7. The highest BCUT2D eigenvalue weighted by Crippen LogP contribution is 2.26. The van der Waals surface area contributed by atoms with E-state index in [9.17, 15) is 8.78 Å². The summed E-state index contributed by atoms with van der Waals surface area (Å²) in [5.41, 5.74) is 0. The first kappa shape index (κ1) is 8.32. The van der Waals surface area contributed by atoms with Crippen molar-refractivity contribution in [3.05, 3.63) is 0 Å². The van der Waals surface area contributed by atoms with Crippen LogP contribution in [0, 0.1) is 0 Å². The Labute approximate surface area is 68.3 Å². The van der Waals surface area contributed by atoms with Crippen LogP contribution in [-0.2, 0) is 0 Å². The van der Waals surface area contributed by atoms with Crippen LogP contribution in [0.1, 0.15) is 6.42 Å². The van der Waals surface area contributed by atoms with Gasteiger partial charge < -0.3 is 0 Å². The van der Waals surface area contributed by atoms with E-state index in [2.05, 4.69) is 0 Å². The van der Waals surface area contributed by atoms with Gasteiger partial charge in [-0.3, -0.25) is 0 Å². The van der Waals surface area contributed by atoms with E-state index >= 15 is 0 Å². The van der Waals surface area contributed by atoms with E-state index in [1.807, 2.05) is 22.6 Å². The van der Waals surface area contributed by atoms with Gasteiger partial charge in [-0.05, 0) is 22.6 Å². The molecule has 0 nitrogen and oxygen atoms in total. The fraction of sp³-hybridized carbons (Fsp3) is 1.00. The van der Waals surface area contributed by atoms with Gasteiger partial charge in [0.05, 0.1) is 0 Å². The summed E-state index contributed by atoms with van der Waals surface area (Å²) in [6, 6.07) is 0. The largest absolute Gasteiger partial charge is 0.297 e. The van der Waals surface area contributed by atoms with Crippen molar-refractivity contribution < 1.29 is 8.78 Å². The molecular formula is C3H4F2I2. The molecule has 0 atom stereocenters. The van der Waals surface area contributed by atoms with Gasteiger partial charge in [-0.1, -0.05) is 22.6 Å². The van der Waals surface area contributed by atoms with Crippen LogP contribution in [0.4, 0.5) is 8.78 Å². The molecule has 0 aliphatic rings. The lowest BCUT2D eigenvalue weighted by Gasteiger charge is -2.02. The molecule has 0 aliphatic heterocycles. The van der Waals surface area contributed by atoms with E-state index in [-0.39, 0.29) is 6.42 Å². The molecule has 0 fully saturated rings. The number of hydrogen-bond donors (Lipinski definition) is 0. The van der Waals surface area contributed by atoms with Crippen LogP contribution >= 0.6 is 45.2 Å². The average Bonchev–Trinajstić information content (AvgIpc) is 1.30. The smallest absolute Gasteiger partial charge is 0.195 e. The lowest BCUT2D eigenvalue weighted by molar-refractivity contribution is 0.125. The molecule has 7 heavy (non-hydrogen) atoms. The molecule has 0 spiro atoms. The van der Waals surface area contributed by atoms with Crippen molar-refractivity contribution in [1.29, 1.82) is 0 Å². The van der Waals surface area contributed by atoms with Gasteiger partial charge in [0, 0.05) is 10.8 Å². The highest BCUT2D eigenvalue weighted by molar-refractivity contribution is 14.1. The van der Waals surface area contributed by atoms with Crippen molar-refractivity contribution in [2.45, 2.75) is 10.4 Å². The van der Waals surface area contributed by atoms with Crippen LogP contribution in [0.25, 0.3) is 0 Å². The molecule has 0 aliphatic carbocycles. The van der Waals surface area contributed by atoms with E-state index in [0.717, 1.165) is 22.6 Å². The minimum atomic E-state index is -2.49. The minimum absolute atomic E-state index is 0.0197. The third-order valence-electron chi connectivity index (χ3n) is 0.378. The van der Waals surface area contributed by atoms with E-state index in [1.54, 1.807) is 0 Å². The summed E-state index contributed by atoms with van der Waals surface area (Å²) < 4.78 is 21.4. The van der Waals surface area contributed by atoms with Crippen molar-refractivity contribution in [2.24, 2.45) is 0 Å². The molecule has 0 unspecified atom stereocenters. The van der Waals surface area contributed by atoms with Gasteiger partial charge in [-0.25, -0.2) is 0 Å². The summed E-state index contributed by atoms with van der Waals surface area (Å²) in [6.07, 6.45) is -0.0197. The minimum Gasteiger partial charge on any atom is -0.195 e. The predicted octanol–water partition coefficient (Wildman–Crippen LogP) is 2.84. The SMILES string of the molecule is FC(F)(I)CCI. The molecule has 0 rings (SSSR count). The number of hydrogen-bond acceptors (Lipinski definition) is 0. The molecule has 4 heteroatoms. The molecule has 0 bridgehead atoms. The van der Waals surface area contributed by atoms with Crippen LogP contribution < -0.4 is 0 Å². The zero-order valence-electron chi connectivity index (χ0n) is 3.43. The molecule has 0 aromatic heterocycles. The Balaban J connectivity index is 3.15. The standard InChI is InChI=1S/C3H4F2I2/c4-3(5,7)1-2-6/h1-2H2. The van der Waals surface area contributed by atoms with Gasteiger partial charge in [-0.2, -0.15) is 8.78 Å². The third kappa shape index (κ3) is 7.32. The van der Waals surface area contributed by atoms with E-state index in [1.165, 1.54) is 0 Å². The Hall–Kier alpha value is 1.32. The zero-order chi connectivity index (χ0) is 5.91. The Morgan fingerprint density at radius 2 is 1.86 bits per heavy atom. The average molecular weight is 332 g/mol. The fourth-order valence-electron chi connectivity index (χ4n) is 0.107. The van der Waals surface area contributed by atoms with Crippen molar-refractivity contribution in [2.75, 3.05) is 4.43 Å². The topological polar surface area (TPSA) is 0 Å². The summed E-state index contributed by atoms with van der Waals surface area (Å²) in [5.74, 6) is 0. The first-order valence-electron chi connectivity index (χ1n) is 1.69. The molecule has 0 N–H and O–H groups in total. The van der Waals surface area contributed by atoms with Gasteiger partial charge in [0.15, 0.2) is 0 Å². The van der Waals surface area contributed by atoms with Crippen LogP contribution in [-0.4, -0.2) is 8.36 Å². The highest BCUT2D eigenvalue weighted by atomic mass is 127. The molecule has 0 aromatic carbocycles. The Morgan fingerprint density at radius 3 is 1.86 bits per heavy atom. The lowest BCUT2D eigenvalue weighted by Crippen LogP contribution is -2.03. The molecule has 0 heterocycles. The van der Waals surface area contributed by atoms with E-state index in [0.29, 0.717) is 4.43 Å². The van der Waals surface area contributed by atoms with Crippen molar-refractivity contribution in [3.8, 4) is 0 Å². The maximum Gasteiger partial charge on any atom is 0.297 e. The van der Waals surface area contributed by atoms with Crippen LogP contribution in [0.15, 0.2) is 0 Å². The first-order chi connectivity index (χ1) is 3.06. The summed E-state index contributed by atoms with van der Waals surface area (Å²) in [5, 5.41) is 0. The van der Waals surface area contributed by atoms with Gasteiger partial charge in [0.25, 0.3) is 3.93 Å². The Morgan fingerprint density at radius 1 is 1.43 bits per heavy atom. The van der Waals surface area contributed by atoms with Crippen LogP contribution in [0.3, 0.4) is 0 Å². The van der Waals surface area contributed by atoms with Crippen molar-refractivity contribution in [3.63, 3.8) is 0 Å². The number of rotatable bonds is 2.